The molecule has 1 N–H and O–H groups in total. The number of benzene rings is 1. The molecule has 2 heteroatoms. The molecule has 1 aromatic rings. The van der Waals surface area contributed by atoms with E-state index in [0.717, 1.165) is 24.8 Å². The lowest BCUT2D eigenvalue weighted by Crippen LogP contribution is -2.39. The van der Waals surface area contributed by atoms with Crippen LogP contribution in [-0.2, 0) is 16.6 Å². The number of rotatable bonds is 3. The summed E-state index contributed by atoms with van der Waals surface area (Å²) >= 11 is 0. The molecule has 0 saturated heterocycles. The van der Waals surface area contributed by atoms with E-state index >= 15 is 0 Å². The van der Waals surface area contributed by atoms with Gasteiger partial charge >= 0.3 is 5.97 Å². The van der Waals surface area contributed by atoms with Gasteiger partial charge in [0.25, 0.3) is 0 Å². The highest BCUT2D eigenvalue weighted by Crippen LogP contribution is 2.41. The molecule has 1 aliphatic rings. The lowest BCUT2D eigenvalue weighted by Gasteiger charge is -2.35. The van der Waals surface area contributed by atoms with E-state index in [4.69, 9.17) is 0 Å². The van der Waals surface area contributed by atoms with Crippen LogP contribution in [0, 0.1) is 11.8 Å². The van der Waals surface area contributed by atoms with Gasteiger partial charge < -0.3 is 5.11 Å². The Kier molecular flexibility index (Phi) is 3.72. The van der Waals surface area contributed by atoms with Gasteiger partial charge in [-0.2, -0.15) is 0 Å². The summed E-state index contributed by atoms with van der Waals surface area (Å²) in [7, 11) is 0. The standard InChI is InChI=1S/C16H18O2/c1-2-3-6-11-16(15(17)18)12-7-9-13-8-4-5-10-14(13)16/h4-5,8,10H,6-7,9,11-12H2,1H3,(H,17,18). The molecule has 1 aromatic carbocycles. The summed E-state index contributed by atoms with van der Waals surface area (Å²) in [5.74, 6) is 5.14. The lowest BCUT2D eigenvalue weighted by atomic mass is 9.67. The van der Waals surface area contributed by atoms with Gasteiger partial charge in [0.05, 0.1) is 5.41 Å². The number of carboxylic acids is 1. The Morgan fingerprint density at radius 2 is 2.22 bits per heavy atom. The van der Waals surface area contributed by atoms with Gasteiger partial charge in [-0.05, 0) is 43.7 Å². The zero-order valence-electron chi connectivity index (χ0n) is 10.7. The van der Waals surface area contributed by atoms with Crippen molar-refractivity contribution in [3.05, 3.63) is 35.4 Å². The lowest BCUT2D eigenvalue weighted by molar-refractivity contribution is -0.144. The molecule has 0 radical (unpaired) electrons. The molecule has 0 spiro atoms. The van der Waals surface area contributed by atoms with Gasteiger partial charge in [0.15, 0.2) is 0 Å². The summed E-state index contributed by atoms with van der Waals surface area (Å²) in [6, 6.07) is 7.95. The first-order chi connectivity index (χ1) is 8.70. The van der Waals surface area contributed by atoms with E-state index in [1.54, 1.807) is 6.92 Å². The Bertz CT molecular complexity index is 507. The van der Waals surface area contributed by atoms with E-state index in [0.29, 0.717) is 12.8 Å². The smallest absolute Gasteiger partial charge is 0.314 e. The maximum Gasteiger partial charge on any atom is 0.314 e. The van der Waals surface area contributed by atoms with Gasteiger partial charge in [-0.3, -0.25) is 4.79 Å². The number of aryl methyl sites for hydroxylation is 1. The Balaban J connectivity index is 2.41. The highest BCUT2D eigenvalue weighted by molar-refractivity contribution is 5.82. The normalized spacial score (nSPS) is 21.6. The summed E-state index contributed by atoms with van der Waals surface area (Å²) in [5, 5.41) is 9.69. The van der Waals surface area contributed by atoms with E-state index in [1.165, 1.54) is 5.56 Å². The number of hydrogen-bond donors (Lipinski definition) is 1. The van der Waals surface area contributed by atoms with Crippen molar-refractivity contribution in [2.24, 2.45) is 0 Å². The van der Waals surface area contributed by atoms with Gasteiger partial charge in [0, 0.05) is 6.42 Å². The molecular weight excluding hydrogens is 224 g/mol. The molecule has 0 saturated carbocycles. The van der Waals surface area contributed by atoms with E-state index < -0.39 is 11.4 Å². The molecule has 0 aromatic heterocycles. The molecule has 2 nitrogen and oxygen atoms in total. The average molecular weight is 242 g/mol. The Morgan fingerprint density at radius 1 is 1.44 bits per heavy atom. The highest BCUT2D eigenvalue weighted by atomic mass is 16.4. The largest absolute Gasteiger partial charge is 0.481 e. The first-order valence-electron chi connectivity index (χ1n) is 6.42. The van der Waals surface area contributed by atoms with Crippen molar-refractivity contribution < 1.29 is 9.90 Å². The third-order valence-electron chi connectivity index (χ3n) is 3.85. The van der Waals surface area contributed by atoms with Crippen molar-refractivity contribution in [3.63, 3.8) is 0 Å². The van der Waals surface area contributed by atoms with Crippen LogP contribution in [0.15, 0.2) is 24.3 Å². The van der Waals surface area contributed by atoms with Crippen LogP contribution in [0.3, 0.4) is 0 Å². The van der Waals surface area contributed by atoms with E-state index in [2.05, 4.69) is 17.9 Å². The predicted octanol–water partition coefficient (Wildman–Crippen LogP) is 3.15. The molecule has 0 fully saturated rings. The third-order valence-corrected chi connectivity index (χ3v) is 3.85. The number of carbonyl (C=O) groups is 1. The summed E-state index contributed by atoms with van der Waals surface area (Å²) < 4.78 is 0. The van der Waals surface area contributed by atoms with Gasteiger partial charge in [0.2, 0.25) is 0 Å². The molecule has 0 bridgehead atoms. The zero-order valence-corrected chi connectivity index (χ0v) is 10.7. The number of carboxylic acid groups (broad SMARTS) is 1. The molecule has 0 amide bonds. The van der Waals surface area contributed by atoms with E-state index in [9.17, 15) is 9.90 Å². The van der Waals surface area contributed by atoms with Crippen LogP contribution < -0.4 is 0 Å². The Hall–Kier alpha value is -1.75. The quantitative estimate of drug-likeness (QED) is 0.827. The van der Waals surface area contributed by atoms with Crippen LogP contribution in [0.4, 0.5) is 0 Å². The molecule has 0 heterocycles. The van der Waals surface area contributed by atoms with Crippen molar-refractivity contribution in [3.8, 4) is 11.8 Å². The Morgan fingerprint density at radius 3 is 2.94 bits per heavy atom. The van der Waals surface area contributed by atoms with Crippen molar-refractivity contribution >= 4 is 5.97 Å². The van der Waals surface area contributed by atoms with Gasteiger partial charge in [-0.25, -0.2) is 0 Å². The second-order valence-corrected chi connectivity index (χ2v) is 4.82. The molecule has 0 aliphatic heterocycles. The van der Waals surface area contributed by atoms with E-state index in [1.807, 2.05) is 18.2 Å². The maximum atomic E-state index is 11.8. The average Bonchev–Trinajstić information content (AvgIpc) is 2.39. The first-order valence-corrected chi connectivity index (χ1v) is 6.42. The van der Waals surface area contributed by atoms with Crippen molar-refractivity contribution in [1.29, 1.82) is 0 Å². The van der Waals surface area contributed by atoms with Gasteiger partial charge in [-0.15, -0.1) is 11.8 Å². The van der Waals surface area contributed by atoms with Gasteiger partial charge in [-0.1, -0.05) is 24.3 Å². The van der Waals surface area contributed by atoms with Gasteiger partial charge in [0.1, 0.15) is 0 Å². The maximum absolute atomic E-state index is 11.8. The van der Waals surface area contributed by atoms with Crippen molar-refractivity contribution in [1.82, 2.24) is 0 Å². The number of aliphatic carboxylic acids is 1. The molecule has 94 valence electrons. The van der Waals surface area contributed by atoms with Crippen molar-refractivity contribution in [2.45, 2.75) is 44.4 Å². The number of fused-ring (bicyclic) bond motifs is 1. The van der Waals surface area contributed by atoms with Crippen LogP contribution >= 0.6 is 0 Å². The first kappa shape index (κ1) is 12.7. The summed E-state index contributed by atoms with van der Waals surface area (Å²) in [6.07, 6.45) is 3.93. The summed E-state index contributed by atoms with van der Waals surface area (Å²) in [6.45, 7) is 1.79. The minimum absolute atomic E-state index is 0.611. The molecule has 1 atom stereocenters. The zero-order chi connectivity index (χ0) is 13.0. The van der Waals surface area contributed by atoms with Crippen LogP contribution in [-0.4, -0.2) is 11.1 Å². The molecule has 1 aliphatic carbocycles. The molecule has 18 heavy (non-hydrogen) atoms. The fraction of sp³-hybridized carbons (Fsp3) is 0.438. The predicted molar refractivity (Wildman–Crippen MR) is 71.4 cm³/mol. The monoisotopic (exact) mass is 242 g/mol. The fourth-order valence-corrected chi connectivity index (χ4v) is 2.91. The number of hydrogen-bond acceptors (Lipinski definition) is 1. The third kappa shape index (κ3) is 2.13. The summed E-state index contributed by atoms with van der Waals surface area (Å²) in [5.41, 5.74) is 1.47. The van der Waals surface area contributed by atoms with Crippen LogP contribution in [0.5, 0.6) is 0 Å². The van der Waals surface area contributed by atoms with Crippen LogP contribution in [0.1, 0.15) is 43.7 Å². The minimum atomic E-state index is -0.724. The minimum Gasteiger partial charge on any atom is -0.481 e. The van der Waals surface area contributed by atoms with Crippen molar-refractivity contribution in [2.75, 3.05) is 0 Å². The second kappa shape index (κ2) is 5.27. The topological polar surface area (TPSA) is 37.3 Å². The molecule has 1 unspecified atom stereocenters. The second-order valence-electron chi connectivity index (χ2n) is 4.82. The molecule has 2 rings (SSSR count). The van der Waals surface area contributed by atoms with E-state index in [-0.39, 0.29) is 0 Å². The highest BCUT2D eigenvalue weighted by Gasteiger charge is 2.42. The summed E-state index contributed by atoms with van der Waals surface area (Å²) in [4.78, 5) is 11.8. The Labute approximate surface area is 108 Å². The van der Waals surface area contributed by atoms with Crippen LogP contribution in [0.2, 0.25) is 0 Å². The fourth-order valence-electron chi connectivity index (χ4n) is 2.91. The molecular formula is C16H18O2. The van der Waals surface area contributed by atoms with Crippen LogP contribution in [0.25, 0.3) is 0 Å². The SMILES string of the molecule is CC#CCCC1(C(=O)O)CCCc2ccccc21.